The molecule has 1 aromatic heterocycles. The van der Waals surface area contributed by atoms with Crippen molar-refractivity contribution in [1.82, 2.24) is 10.6 Å². The minimum atomic E-state index is -2.89. The summed E-state index contributed by atoms with van der Waals surface area (Å²) in [6, 6.07) is 9.02. The van der Waals surface area contributed by atoms with Crippen molar-refractivity contribution < 1.29 is 18.3 Å². The quantitative estimate of drug-likeness (QED) is 0.469. The first-order chi connectivity index (χ1) is 13.1. The first kappa shape index (κ1) is 21.0. The smallest absolute Gasteiger partial charge is 0.387 e. The van der Waals surface area contributed by atoms with E-state index >= 15 is 0 Å². The van der Waals surface area contributed by atoms with Gasteiger partial charge >= 0.3 is 6.61 Å². The number of hydrogen-bond acceptors (Lipinski definition) is 4. The van der Waals surface area contributed by atoms with E-state index in [1.165, 1.54) is 10.9 Å². The molecule has 0 saturated heterocycles. The summed E-state index contributed by atoms with van der Waals surface area (Å²) in [5.74, 6) is 1.03. The number of benzene rings is 1. The van der Waals surface area contributed by atoms with Crippen LogP contribution in [0, 0.1) is 0 Å². The van der Waals surface area contributed by atoms with Crippen molar-refractivity contribution in [3.8, 4) is 11.5 Å². The number of ether oxygens (including phenoxy) is 2. The SMILES string of the molecule is CCNC(=NCc1ccc(OC(F)F)c(OCC)c1)NCCc1cccs1. The van der Waals surface area contributed by atoms with Gasteiger partial charge in [0, 0.05) is 18.0 Å². The van der Waals surface area contributed by atoms with Crippen molar-refractivity contribution >= 4 is 17.3 Å². The molecule has 1 aromatic carbocycles. The molecule has 0 aliphatic carbocycles. The zero-order valence-electron chi connectivity index (χ0n) is 15.5. The maximum atomic E-state index is 12.5. The number of hydrogen-bond donors (Lipinski definition) is 2. The molecule has 8 heteroatoms. The maximum Gasteiger partial charge on any atom is 0.387 e. The van der Waals surface area contributed by atoms with Gasteiger partial charge in [0.1, 0.15) is 0 Å². The Bertz CT molecular complexity index is 709. The molecule has 0 spiro atoms. The van der Waals surface area contributed by atoms with Gasteiger partial charge in [0.25, 0.3) is 0 Å². The van der Waals surface area contributed by atoms with E-state index in [1.54, 1.807) is 30.4 Å². The predicted molar refractivity (Wildman–Crippen MR) is 105 cm³/mol. The van der Waals surface area contributed by atoms with Crippen molar-refractivity contribution in [2.24, 2.45) is 4.99 Å². The van der Waals surface area contributed by atoms with Crippen molar-refractivity contribution in [3.05, 3.63) is 46.2 Å². The van der Waals surface area contributed by atoms with E-state index in [2.05, 4.69) is 31.8 Å². The van der Waals surface area contributed by atoms with E-state index < -0.39 is 6.61 Å². The lowest BCUT2D eigenvalue weighted by molar-refractivity contribution is -0.0514. The molecule has 0 aliphatic heterocycles. The third kappa shape index (κ3) is 7.42. The highest BCUT2D eigenvalue weighted by Crippen LogP contribution is 2.30. The number of nitrogens with zero attached hydrogens (tertiary/aromatic N) is 1. The van der Waals surface area contributed by atoms with Gasteiger partial charge in [-0.25, -0.2) is 4.99 Å². The highest BCUT2D eigenvalue weighted by Gasteiger charge is 2.11. The van der Waals surface area contributed by atoms with Gasteiger partial charge in [-0.1, -0.05) is 12.1 Å². The zero-order chi connectivity index (χ0) is 19.5. The summed E-state index contributed by atoms with van der Waals surface area (Å²) < 4.78 is 34.9. The molecule has 0 radical (unpaired) electrons. The van der Waals surface area contributed by atoms with Crippen LogP contribution in [0.25, 0.3) is 0 Å². The number of rotatable bonds is 10. The van der Waals surface area contributed by atoms with E-state index in [1.807, 2.05) is 13.0 Å². The average molecular weight is 397 g/mol. The Morgan fingerprint density at radius 2 is 2.04 bits per heavy atom. The van der Waals surface area contributed by atoms with Crippen LogP contribution >= 0.6 is 11.3 Å². The van der Waals surface area contributed by atoms with Crippen LogP contribution < -0.4 is 20.1 Å². The Labute approximate surface area is 162 Å². The van der Waals surface area contributed by atoms with Gasteiger partial charge < -0.3 is 20.1 Å². The molecule has 0 fully saturated rings. The Hall–Kier alpha value is -2.35. The van der Waals surface area contributed by atoms with Crippen molar-refractivity contribution in [1.29, 1.82) is 0 Å². The number of aliphatic imine (C=N–C) groups is 1. The molecule has 0 aliphatic rings. The van der Waals surface area contributed by atoms with Crippen LogP contribution in [-0.2, 0) is 13.0 Å². The number of alkyl halides is 2. The summed E-state index contributed by atoms with van der Waals surface area (Å²) in [4.78, 5) is 5.86. The molecule has 1 heterocycles. The van der Waals surface area contributed by atoms with Gasteiger partial charge in [-0.3, -0.25) is 0 Å². The fourth-order valence-electron chi connectivity index (χ4n) is 2.38. The second-order valence-corrected chi connectivity index (χ2v) is 6.58. The summed E-state index contributed by atoms with van der Waals surface area (Å²) in [5.41, 5.74) is 0.843. The Morgan fingerprint density at radius 3 is 2.70 bits per heavy atom. The molecule has 2 aromatic rings. The largest absolute Gasteiger partial charge is 0.490 e. The van der Waals surface area contributed by atoms with E-state index in [9.17, 15) is 8.78 Å². The van der Waals surface area contributed by atoms with Crippen LogP contribution in [0.1, 0.15) is 24.3 Å². The lowest BCUT2D eigenvalue weighted by Crippen LogP contribution is -2.38. The lowest BCUT2D eigenvalue weighted by atomic mass is 10.2. The summed E-state index contributed by atoms with van der Waals surface area (Å²) in [5, 5.41) is 8.56. The third-order valence-corrected chi connectivity index (χ3v) is 4.47. The predicted octanol–water partition coefficient (Wildman–Crippen LogP) is 4.05. The van der Waals surface area contributed by atoms with Crippen molar-refractivity contribution in [3.63, 3.8) is 0 Å². The molecular weight excluding hydrogens is 372 g/mol. The molecule has 2 N–H and O–H groups in total. The Morgan fingerprint density at radius 1 is 1.19 bits per heavy atom. The van der Waals surface area contributed by atoms with Crippen LogP contribution in [0.5, 0.6) is 11.5 Å². The van der Waals surface area contributed by atoms with Crippen LogP contribution in [0.4, 0.5) is 8.78 Å². The normalized spacial score (nSPS) is 11.5. The maximum absolute atomic E-state index is 12.5. The van der Waals surface area contributed by atoms with Crippen LogP contribution in [-0.4, -0.2) is 32.3 Å². The summed E-state index contributed by atoms with van der Waals surface area (Å²) >= 11 is 1.73. The molecule has 0 saturated carbocycles. The van der Waals surface area contributed by atoms with Crippen LogP contribution in [0.15, 0.2) is 40.7 Å². The van der Waals surface area contributed by atoms with Gasteiger partial charge in [0.15, 0.2) is 17.5 Å². The Kier molecular flexibility index (Phi) is 8.83. The molecular formula is C19H25F2N3O2S. The summed E-state index contributed by atoms with van der Waals surface area (Å²) in [7, 11) is 0. The van der Waals surface area contributed by atoms with E-state index in [4.69, 9.17) is 4.74 Å². The van der Waals surface area contributed by atoms with Gasteiger partial charge in [-0.15, -0.1) is 11.3 Å². The minimum Gasteiger partial charge on any atom is -0.490 e. The molecule has 0 unspecified atom stereocenters. The molecule has 2 rings (SSSR count). The zero-order valence-corrected chi connectivity index (χ0v) is 16.3. The highest BCUT2D eigenvalue weighted by atomic mass is 32.1. The third-order valence-electron chi connectivity index (χ3n) is 3.53. The van der Waals surface area contributed by atoms with Crippen LogP contribution in [0.3, 0.4) is 0 Å². The monoisotopic (exact) mass is 397 g/mol. The summed E-state index contributed by atoms with van der Waals surface area (Å²) in [6.07, 6.45) is 0.927. The molecule has 0 amide bonds. The molecule has 0 bridgehead atoms. The fourth-order valence-corrected chi connectivity index (χ4v) is 3.09. The standard InChI is InChI=1S/C19H25F2N3O2S/c1-3-22-19(23-10-9-15-6-5-11-27-15)24-13-14-7-8-16(26-18(20)21)17(12-14)25-4-2/h5-8,11-12,18H,3-4,9-10,13H2,1-2H3,(H2,22,23,24). The van der Waals surface area contributed by atoms with E-state index in [-0.39, 0.29) is 5.75 Å². The second kappa shape index (κ2) is 11.4. The molecule has 27 heavy (non-hydrogen) atoms. The molecule has 148 valence electrons. The number of guanidine groups is 1. The van der Waals surface area contributed by atoms with Crippen LogP contribution in [0.2, 0.25) is 0 Å². The first-order valence-corrected chi connectivity index (χ1v) is 9.75. The lowest BCUT2D eigenvalue weighted by Gasteiger charge is -2.13. The number of nitrogens with one attached hydrogen (secondary N) is 2. The van der Waals surface area contributed by atoms with E-state index in [0.717, 1.165) is 25.1 Å². The number of halogens is 2. The Balaban J connectivity index is 1.99. The van der Waals surface area contributed by atoms with Gasteiger partial charge in [-0.2, -0.15) is 8.78 Å². The molecule has 5 nitrogen and oxygen atoms in total. The topological polar surface area (TPSA) is 54.9 Å². The minimum absolute atomic E-state index is 0.0283. The highest BCUT2D eigenvalue weighted by molar-refractivity contribution is 7.09. The average Bonchev–Trinajstić information content (AvgIpc) is 3.15. The van der Waals surface area contributed by atoms with E-state index in [0.29, 0.717) is 24.9 Å². The fraction of sp³-hybridized carbons (Fsp3) is 0.421. The molecule has 0 atom stereocenters. The van der Waals surface area contributed by atoms with Crippen molar-refractivity contribution in [2.75, 3.05) is 19.7 Å². The summed E-state index contributed by atoms with van der Waals surface area (Å²) in [6.45, 7) is 3.18. The second-order valence-electron chi connectivity index (χ2n) is 5.54. The van der Waals surface area contributed by atoms with Gasteiger partial charge in [-0.05, 0) is 49.4 Å². The van der Waals surface area contributed by atoms with Crippen molar-refractivity contribution in [2.45, 2.75) is 33.4 Å². The first-order valence-electron chi connectivity index (χ1n) is 8.87. The van der Waals surface area contributed by atoms with Gasteiger partial charge in [0.2, 0.25) is 0 Å². The number of thiophene rings is 1. The van der Waals surface area contributed by atoms with Gasteiger partial charge in [0.05, 0.1) is 13.2 Å².